The van der Waals surface area contributed by atoms with E-state index in [1.807, 2.05) is 88.4 Å². The quantitative estimate of drug-likeness (QED) is 0.642. The standard InChI is InChI=1S/C25H29BN2O4/c1-24(2)25(3,4)32-26(31-24)22(16-21-13-9-8-12-20(21)14-15-27)17-28-23(29)30-18-19-10-6-5-7-11-19/h5-13,16H,14,17-18H2,1-4H3,(H,28,29). The fourth-order valence-corrected chi connectivity index (χ4v) is 3.27. The molecule has 0 unspecified atom stereocenters. The van der Waals surface area contributed by atoms with Crippen LogP contribution in [0.2, 0.25) is 0 Å². The van der Waals surface area contributed by atoms with Crippen LogP contribution in [0.5, 0.6) is 0 Å². The maximum absolute atomic E-state index is 12.3. The minimum Gasteiger partial charge on any atom is -0.445 e. The number of hydrogen-bond donors (Lipinski definition) is 1. The molecule has 6 nitrogen and oxygen atoms in total. The number of nitrogens with one attached hydrogen (secondary N) is 1. The van der Waals surface area contributed by atoms with E-state index in [1.54, 1.807) is 0 Å². The van der Waals surface area contributed by atoms with Crippen LogP contribution in [-0.2, 0) is 27.1 Å². The highest BCUT2D eigenvalue weighted by Crippen LogP contribution is 2.38. The van der Waals surface area contributed by atoms with Crippen molar-refractivity contribution in [2.75, 3.05) is 6.54 Å². The van der Waals surface area contributed by atoms with E-state index in [-0.39, 0.29) is 19.6 Å². The highest BCUT2D eigenvalue weighted by Gasteiger charge is 2.52. The van der Waals surface area contributed by atoms with E-state index in [0.29, 0.717) is 0 Å². The molecule has 0 bridgehead atoms. The number of nitriles is 1. The first-order valence-electron chi connectivity index (χ1n) is 10.7. The Balaban J connectivity index is 1.77. The molecule has 1 aliphatic rings. The van der Waals surface area contributed by atoms with Crippen molar-refractivity contribution in [1.29, 1.82) is 5.26 Å². The van der Waals surface area contributed by atoms with E-state index >= 15 is 0 Å². The van der Waals surface area contributed by atoms with E-state index < -0.39 is 24.4 Å². The molecule has 1 heterocycles. The third kappa shape index (κ3) is 5.79. The first-order valence-corrected chi connectivity index (χ1v) is 10.7. The second-order valence-corrected chi connectivity index (χ2v) is 8.76. The molecule has 1 N–H and O–H groups in total. The van der Waals surface area contributed by atoms with Gasteiger partial charge in [-0.05, 0) is 49.9 Å². The number of benzene rings is 2. The molecule has 1 amide bonds. The molecule has 166 valence electrons. The molecule has 1 saturated heterocycles. The molecule has 7 heteroatoms. The third-order valence-electron chi connectivity index (χ3n) is 5.87. The van der Waals surface area contributed by atoms with Gasteiger partial charge in [-0.2, -0.15) is 5.26 Å². The Kier molecular flexibility index (Phi) is 7.39. The maximum Gasteiger partial charge on any atom is 0.492 e. The Morgan fingerprint density at radius 2 is 1.69 bits per heavy atom. The Morgan fingerprint density at radius 3 is 2.34 bits per heavy atom. The van der Waals surface area contributed by atoms with E-state index in [2.05, 4.69) is 11.4 Å². The van der Waals surface area contributed by atoms with Gasteiger partial charge >= 0.3 is 13.2 Å². The average Bonchev–Trinajstić information content (AvgIpc) is 2.98. The number of rotatable bonds is 7. The van der Waals surface area contributed by atoms with Crippen LogP contribution in [0.1, 0.15) is 44.4 Å². The zero-order chi connectivity index (χ0) is 23.2. The normalized spacial score (nSPS) is 17.0. The van der Waals surface area contributed by atoms with E-state index in [1.165, 1.54) is 0 Å². The highest BCUT2D eigenvalue weighted by atomic mass is 16.7. The van der Waals surface area contributed by atoms with Crippen LogP contribution in [-0.4, -0.2) is 31.0 Å². The predicted molar refractivity (Wildman–Crippen MR) is 124 cm³/mol. The number of carbonyl (C=O) groups excluding carboxylic acids is 1. The molecule has 1 fully saturated rings. The van der Waals surface area contributed by atoms with Gasteiger partial charge in [0.25, 0.3) is 0 Å². The molecule has 3 rings (SSSR count). The average molecular weight is 432 g/mol. The third-order valence-corrected chi connectivity index (χ3v) is 5.87. The summed E-state index contributed by atoms with van der Waals surface area (Å²) in [5.41, 5.74) is 2.41. The summed E-state index contributed by atoms with van der Waals surface area (Å²) >= 11 is 0. The van der Waals surface area contributed by atoms with E-state index in [4.69, 9.17) is 19.3 Å². The van der Waals surface area contributed by atoms with E-state index in [0.717, 1.165) is 22.2 Å². The zero-order valence-electron chi connectivity index (χ0n) is 19.1. The summed E-state index contributed by atoms with van der Waals surface area (Å²) in [6.45, 7) is 8.30. The minimum absolute atomic E-state index is 0.186. The molecule has 2 aromatic carbocycles. The minimum atomic E-state index is -0.635. The lowest BCUT2D eigenvalue weighted by Crippen LogP contribution is -2.41. The first kappa shape index (κ1) is 23.6. The maximum atomic E-state index is 12.3. The van der Waals surface area contributed by atoms with Gasteiger partial charge < -0.3 is 19.4 Å². The molecule has 0 spiro atoms. The number of amides is 1. The van der Waals surface area contributed by atoms with Gasteiger partial charge in [0, 0.05) is 6.54 Å². The van der Waals surface area contributed by atoms with Gasteiger partial charge in [0.05, 0.1) is 23.7 Å². The summed E-state index contributed by atoms with van der Waals surface area (Å²) in [7, 11) is -0.635. The Morgan fingerprint density at radius 1 is 1.06 bits per heavy atom. The number of hydrogen-bond acceptors (Lipinski definition) is 5. The zero-order valence-corrected chi connectivity index (χ0v) is 19.1. The van der Waals surface area contributed by atoms with Gasteiger partial charge in [-0.3, -0.25) is 0 Å². The molecular formula is C25H29BN2O4. The molecule has 32 heavy (non-hydrogen) atoms. The van der Waals surface area contributed by atoms with Crippen LogP contribution < -0.4 is 5.32 Å². The van der Waals surface area contributed by atoms with Crippen LogP contribution in [0.15, 0.2) is 60.1 Å². The van der Waals surface area contributed by atoms with Gasteiger partial charge in [-0.1, -0.05) is 60.7 Å². The van der Waals surface area contributed by atoms with Crippen LogP contribution in [0.25, 0.3) is 6.08 Å². The van der Waals surface area contributed by atoms with Crippen LogP contribution in [0, 0.1) is 11.3 Å². The first-order chi connectivity index (χ1) is 15.2. The fourth-order valence-electron chi connectivity index (χ4n) is 3.27. The van der Waals surface area contributed by atoms with Gasteiger partial charge in [-0.25, -0.2) is 4.79 Å². The lowest BCUT2D eigenvalue weighted by Gasteiger charge is -2.32. The smallest absolute Gasteiger partial charge is 0.445 e. The second kappa shape index (κ2) is 10.0. The Hall–Kier alpha value is -3.08. The number of carbonyl (C=O) groups is 1. The predicted octanol–water partition coefficient (Wildman–Crippen LogP) is 4.69. The lowest BCUT2D eigenvalue weighted by molar-refractivity contribution is 0.00578. The SMILES string of the molecule is CC1(C)OB(C(=Cc2ccccc2CC#N)CNC(=O)OCc2ccccc2)OC1(C)C. The summed E-state index contributed by atoms with van der Waals surface area (Å²) in [5, 5.41) is 12.0. The summed E-state index contributed by atoms with van der Waals surface area (Å²) in [5.74, 6) is 0. The summed E-state index contributed by atoms with van der Waals surface area (Å²) in [6, 6.07) is 19.4. The van der Waals surface area contributed by atoms with Crippen molar-refractivity contribution in [3.05, 3.63) is 76.8 Å². The monoisotopic (exact) mass is 432 g/mol. The molecule has 0 atom stereocenters. The molecule has 0 saturated carbocycles. The van der Waals surface area contributed by atoms with Crippen molar-refractivity contribution in [2.45, 2.75) is 51.9 Å². The topological polar surface area (TPSA) is 80.6 Å². The largest absolute Gasteiger partial charge is 0.492 e. The van der Waals surface area contributed by atoms with Crippen molar-refractivity contribution in [1.82, 2.24) is 5.32 Å². The molecular weight excluding hydrogens is 403 g/mol. The van der Waals surface area contributed by atoms with Crippen molar-refractivity contribution < 1.29 is 18.8 Å². The van der Waals surface area contributed by atoms with Crippen LogP contribution >= 0.6 is 0 Å². The van der Waals surface area contributed by atoms with Crippen LogP contribution in [0.4, 0.5) is 4.79 Å². The fraction of sp³-hybridized carbons (Fsp3) is 0.360. The summed E-state index contributed by atoms with van der Waals surface area (Å²) in [6.07, 6.45) is 1.68. The second-order valence-electron chi connectivity index (χ2n) is 8.76. The number of alkyl carbamates (subject to hydrolysis) is 1. The van der Waals surface area contributed by atoms with Gasteiger partial charge in [0.15, 0.2) is 0 Å². The highest BCUT2D eigenvalue weighted by molar-refractivity contribution is 6.56. The van der Waals surface area contributed by atoms with Crippen molar-refractivity contribution >= 4 is 19.3 Å². The van der Waals surface area contributed by atoms with Crippen molar-refractivity contribution in [2.24, 2.45) is 0 Å². The number of ether oxygens (including phenoxy) is 1. The number of nitrogens with zero attached hydrogens (tertiary/aromatic N) is 1. The Bertz CT molecular complexity index is 996. The molecule has 1 aliphatic heterocycles. The van der Waals surface area contributed by atoms with Crippen molar-refractivity contribution in [3.8, 4) is 6.07 Å². The molecule has 0 aliphatic carbocycles. The van der Waals surface area contributed by atoms with Gasteiger partial charge in [0.2, 0.25) is 0 Å². The van der Waals surface area contributed by atoms with Gasteiger partial charge in [0.1, 0.15) is 6.61 Å². The summed E-state index contributed by atoms with van der Waals surface area (Å²) in [4.78, 5) is 12.3. The van der Waals surface area contributed by atoms with Crippen LogP contribution in [0.3, 0.4) is 0 Å². The Labute approximate surface area is 190 Å². The molecule has 2 aromatic rings. The van der Waals surface area contributed by atoms with Gasteiger partial charge in [-0.15, -0.1) is 0 Å². The molecule has 0 aromatic heterocycles. The summed E-state index contributed by atoms with van der Waals surface area (Å²) < 4.78 is 17.8. The molecule has 0 radical (unpaired) electrons. The van der Waals surface area contributed by atoms with E-state index in [9.17, 15) is 4.79 Å². The lowest BCUT2D eigenvalue weighted by atomic mass is 9.76. The van der Waals surface area contributed by atoms with Crippen molar-refractivity contribution in [3.63, 3.8) is 0 Å².